The highest BCUT2D eigenvalue weighted by Gasteiger charge is 2.47. The normalized spacial score (nSPS) is 25.2. The van der Waals surface area contributed by atoms with Crippen LogP contribution >= 0.6 is 0 Å². The SMILES string of the molecule is CN(C)CCNC(=O)C1(OC(=O)/C=C/C(=O)OC2(C(=O)NCCN(C)C)CCC(O[N+](=O)[O-])CC2)CCC(O[N+](=O)[O-])CC1. The number of nitrogens with zero attached hydrogens (tertiary/aromatic N) is 4. The minimum absolute atomic E-state index is 0.0487. The van der Waals surface area contributed by atoms with Gasteiger partial charge in [-0.15, -0.1) is 20.2 Å². The molecule has 2 amide bonds. The van der Waals surface area contributed by atoms with Gasteiger partial charge in [0.2, 0.25) is 0 Å². The van der Waals surface area contributed by atoms with Crippen molar-refractivity contribution in [3.8, 4) is 0 Å². The number of amides is 2. The number of rotatable bonds is 16. The fourth-order valence-electron chi connectivity index (χ4n) is 5.02. The van der Waals surface area contributed by atoms with Crippen molar-refractivity contribution in [3.05, 3.63) is 32.4 Å². The molecule has 2 fully saturated rings. The van der Waals surface area contributed by atoms with E-state index in [1.165, 1.54) is 0 Å². The van der Waals surface area contributed by atoms with Gasteiger partial charge in [-0.3, -0.25) is 9.59 Å². The number of nitrogens with one attached hydrogen (secondary N) is 2. The summed E-state index contributed by atoms with van der Waals surface area (Å²) in [5.41, 5.74) is -3.28. The summed E-state index contributed by atoms with van der Waals surface area (Å²) in [6.45, 7) is 1.54. The minimum Gasteiger partial charge on any atom is -0.446 e. The van der Waals surface area contributed by atoms with Gasteiger partial charge in [0.25, 0.3) is 22.0 Å². The van der Waals surface area contributed by atoms with Gasteiger partial charge in [0, 0.05) is 38.3 Å². The van der Waals surface area contributed by atoms with E-state index in [0.717, 1.165) is 12.2 Å². The Labute approximate surface area is 254 Å². The van der Waals surface area contributed by atoms with Gasteiger partial charge in [-0.05, 0) is 79.6 Å². The van der Waals surface area contributed by atoms with E-state index in [0.29, 0.717) is 13.1 Å². The van der Waals surface area contributed by atoms with E-state index in [1.807, 2.05) is 38.0 Å². The Kier molecular flexibility index (Phi) is 13.7. The zero-order valence-electron chi connectivity index (χ0n) is 25.5. The summed E-state index contributed by atoms with van der Waals surface area (Å²) in [5.74, 6) is -3.23. The molecule has 0 unspecified atom stereocenters. The van der Waals surface area contributed by atoms with E-state index < -0.39 is 57.3 Å². The maximum absolute atomic E-state index is 13.1. The number of hydrogen-bond donors (Lipinski definition) is 2. The molecule has 0 radical (unpaired) electrons. The number of likely N-dealkylation sites (N-methyl/N-ethyl adjacent to an activating group) is 2. The van der Waals surface area contributed by atoms with Crippen molar-refractivity contribution >= 4 is 23.8 Å². The Bertz CT molecular complexity index is 984. The lowest BCUT2D eigenvalue weighted by molar-refractivity contribution is -0.769. The second-order valence-electron chi connectivity index (χ2n) is 11.3. The molecule has 0 atom stereocenters. The maximum Gasteiger partial charge on any atom is 0.332 e. The number of hydrogen-bond acceptors (Lipinski definition) is 14. The van der Waals surface area contributed by atoms with Crippen molar-refractivity contribution in [1.82, 2.24) is 20.4 Å². The van der Waals surface area contributed by atoms with Crippen LogP contribution < -0.4 is 10.6 Å². The molecule has 0 aromatic heterocycles. The van der Waals surface area contributed by atoms with Gasteiger partial charge in [0.15, 0.2) is 11.2 Å². The monoisotopic (exact) mass is 630 g/mol. The fourth-order valence-corrected chi connectivity index (χ4v) is 5.02. The maximum atomic E-state index is 13.1. The average Bonchev–Trinajstić information content (AvgIpc) is 2.93. The standard InChI is InChI=1S/C26H42N6O12/c1-29(2)17-15-27-23(35)25(11-7-19(8-12-25)43-31(37)38)41-21(33)5-6-22(34)42-26(24(36)28-16-18-30(3)4)13-9-20(10-14-26)44-32(39)40/h5-6,19-20H,7-18H2,1-4H3,(H,27,35)(H,28,36)/b6-5+. The highest BCUT2D eigenvalue weighted by molar-refractivity contribution is 5.96. The van der Waals surface area contributed by atoms with Crippen LogP contribution in [0.4, 0.5) is 0 Å². The number of ether oxygens (including phenoxy) is 2. The van der Waals surface area contributed by atoms with Crippen molar-refractivity contribution < 1.29 is 48.5 Å². The Morgan fingerprint density at radius 2 is 1.02 bits per heavy atom. The Morgan fingerprint density at radius 1 is 0.705 bits per heavy atom. The molecule has 2 saturated carbocycles. The average molecular weight is 631 g/mol. The van der Waals surface area contributed by atoms with Crippen molar-refractivity contribution in [2.75, 3.05) is 54.4 Å². The first-order valence-corrected chi connectivity index (χ1v) is 14.3. The first-order chi connectivity index (χ1) is 20.7. The van der Waals surface area contributed by atoms with Crippen LogP contribution in [0.3, 0.4) is 0 Å². The molecule has 2 aliphatic rings. The van der Waals surface area contributed by atoms with Crippen molar-refractivity contribution in [3.63, 3.8) is 0 Å². The molecule has 2 N–H and O–H groups in total. The summed E-state index contributed by atoms with van der Waals surface area (Å²) in [4.78, 5) is 86.2. The largest absolute Gasteiger partial charge is 0.446 e. The highest BCUT2D eigenvalue weighted by atomic mass is 17.0. The van der Waals surface area contributed by atoms with Crippen molar-refractivity contribution in [2.24, 2.45) is 0 Å². The Morgan fingerprint density at radius 3 is 1.30 bits per heavy atom. The Balaban J connectivity index is 2.11. The van der Waals surface area contributed by atoms with Gasteiger partial charge >= 0.3 is 11.9 Å². The van der Waals surface area contributed by atoms with Crippen LogP contribution in [0.15, 0.2) is 12.2 Å². The third-order valence-corrected chi connectivity index (χ3v) is 7.42. The van der Waals surface area contributed by atoms with E-state index in [-0.39, 0.29) is 64.5 Å². The number of carbonyl (C=O) groups is 4. The molecule has 44 heavy (non-hydrogen) atoms. The van der Waals surface area contributed by atoms with Crippen molar-refractivity contribution in [1.29, 1.82) is 0 Å². The van der Waals surface area contributed by atoms with Crippen LogP contribution in [0.1, 0.15) is 51.4 Å². The van der Waals surface area contributed by atoms with E-state index in [1.54, 1.807) is 0 Å². The summed E-state index contributed by atoms with van der Waals surface area (Å²) in [7, 11) is 7.26. The summed E-state index contributed by atoms with van der Waals surface area (Å²) < 4.78 is 11.1. The number of esters is 2. The predicted molar refractivity (Wildman–Crippen MR) is 151 cm³/mol. The third kappa shape index (κ3) is 11.6. The van der Waals surface area contributed by atoms with Crippen LogP contribution in [0, 0.1) is 20.2 Å². The summed E-state index contributed by atoms with van der Waals surface area (Å²) in [6, 6.07) is 0. The van der Waals surface area contributed by atoms with Gasteiger partial charge in [-0.25, -0.2) is 9.59 Å². The van der Waals surface area contributed by atoms with E-state index in [2.05, 4.69) is 20.3 Å². The second-order valence-corrected chi connectivity index (χ2v) is 11.3. The summed E-state index contributed by atoms with van der Waals surface area (Å²) >= 11 is 0. The lowest BCUT2D eigenvalue weighted by Crippen LogP contribution is -2.54. The van der Waals surface area contributed by atoms with Crippen molar-refractivity contribution in [2.45, 2.75) is 74.8 Å². The number of carbonyl (C=O) groups excluding carboxylic acids is 4. The van der Waals surface area contributed by atoms with Crippen LogP contribution in [-0.2, 0) is 38.3 Å². The molecule has 248 valence electrons. The van der Waals surface area contributed by atoms with Gasteiger partial charge in [-0.2, -0.15) is 0 Å². The second kappa shape index (κ2) is 16.7. The van der Waals surface area contributed by atoms with E-state index >= 15 is 0 Å². The smallest absolute Gasteiger partial charge is 0.332 e. The van der Waals surface area contributed by atoms with Gasteiger partial charge in [0.05, 0.1) is 0 Å². The molecule has 0 aliphatic heterocycles. The first kappa shape index (κ1) is 36.1. The Hall–Kier alpha value is -4.06. The fraction of sp³-hybridized carbons (Fsp3) is 0.769. The van der Waals surface area contributed by atoms with Crippen LogP contribution in [0.25, 0.3) is 0 Å². The molecule has 18 nitrogen and oxygen atoms in total. The minimum atomic E-state index is -1.64. The summed E-state index contributed by atoms with van der Waals surface area (Å²) in [5, 5.41) is 25.1. The molecular weight excluding hydrogens is 588 g/mol. The molecule has 0 aromatic carbocycles. The van der Waals surface area contributed by atoms with Gasteiger partial charge < -0.3 is 39.6 Å². The van der Waals surface area contributed by atoms with Crippen LogP contribution in [0.5, 0.6) is 0 Å². The molecule has 0 aromatic rings. The molecule has 0 spiro atoms. The van der Waals surface area contributed by atoms with Gasteiger partial charge in [0.1, 0.15) is 12.2 Å². The molecular formula is C26H42N6O12. The first-order valence-electron chi connectivity index (χ1n) is 14.3. The van der Waals surface area contributed by atoms with E-state index in [4.69, 9.17) is 9.47 Å². The zero-order valence-corrected chi connectivity index (χ0v) is 25.5. The molecule has 2 aliphatic carbocycles. The molecule has 18 heteroatoms. The lowest BCUT2D eigenvalue weighted by atomic mass is 9.82. The molecule has 0 saturated heterocycles. The molecule has 0 heterocycles. The van der Waals surface area contributed by atoms with Crippen LogP contribution in [-0.4, -0.2) is 122 Å². The van der Waals surface area contributed by atoms with Crippen LogP contribution in [0.2, 0.25) is 0 Å². The zero-order chi connectivity index (χ0) is 32.9. The predicted octanol–water partition coefficient (Wildman–Crippen LogP) is -0.236. The highest BCUT2D eigenvalue weighted by Crippen LogP contribution is 2.35. The molecule has 2 rings (SSSR count). The quantitative estimate of drug-likeness (QED) is 0.0973. The topological polar surface area (TPSA) is 222 Å². The lowest BCUT2D eigenvalue weighted by Gasteiger charge is -2.37. The summed E-state index contributed by atoms with van der Waals surface area (Å²) in [6.07, 6.45) is 0.139. The van der Waals surface area contributed by atoms with Gasteiger partial charge in [-0.1, -0.05) is 0 Å². The third-order valence-electron chi connectivity index (χ3n) is 7.42. The molecule has 0 bridgehead atoms. The van der Waals surface area contributed by atoms with E-state index in [9.17, 15) is 39.4 Å².